The van der Waals surface area contributed by atoms with Crippen LogP contribution in [0.25, 0.3) is 44.7 Å². The molecule has 0 fully saturated rings. The number of benzene rings is 4. The maximum Gasteiger partial charge on any atom is 0.290 e. The summed E-state index contributed by atoms with van der Waals surface area (Å²) in [5.74, 6) is 1.20. The number of hydrogen-bond acceptors (Lipinski definition) is 0. The first kappa shape index (κ1) is 19.3. The third-order valence-electron chi connectivity index (χ3n) is 6.25. The van der Waals surface area contributed by atoms with Crippen LogP contribution in [0, 0.1) is 13.8 Å². The molecule has 0 spiro atoms. The number of nitrogens with zero attached hydrogens (tertiary/aromatic N) is 2. The van der Waals surface area contributed by atoms with E-state index in [1.807, 2.05) is 0 Å². The Morgan fingerprint density at radius 2 is 1.13 bits per heavy atom. The SMILES string of the molecule is Cc1ccc(-c2cccc(-c3ccc(C)cc3)c2-c2n(C)c3ccccc3[n+]2C)cc1. The Hall–Kier alpha value is -3.65. The summed E-state index contributed by atoms with van der Waals surface area (Å²) < 4.78 is 4.64. The van der Waals surface area contributed by atoms with Crippen LogP contribution in [-0.2, 0) is 14.1 Å². The van der Waals surface area contributed by atoms with Gasteiger partial charge in [0, 0.05) is 0 Å². The third kappa shape index (κ3) is 3.25. The minimum absolute atomic E-state index is 1.20. The van der Waals surface area contributed by atoms with E-state index < -0.39 is 0 Å². The van der Waals surface area contributed by atoms with Crippen molar-refractivity contribution in [3.05, 3.63) is 102 Å². The van der Waals surface area contributed by atoms with Crippen molar-refractivity contribution in [1.82, 2.24) is 4.57 Å². The first-order chi connectivity index (χ1) is 15.0. The molecule has 0 amide bonds. The number of aryl methyl sites for hydroxylation is 4. The van der Waals surface area contributed by atoms with Gasteiger partial charge in [-0.1, -0.05) is 90.0 Å². The van der Waals surface area contributed by atoms with Crippen LogP contribution in [-0.4, -0.2) is 4.57 Å². The maximum atomic E-state index is 2.32. The van der Waals surface area contributed by atoms with Crippen LogP contribution in [0.4, 0.5) is 0 Å². The minimum Gasteiger partial charge on any atom is -0.226 e. The van der Waals surface area contributed by atoms with E-state index in [4.69, 9.17) is 0 Å². The first-order valence-electron chi connectivity index (χ1n) is 10.8. The van der Waals surface area contributed by atoms with E-state index in [-0.39, 0.29) is 0 Å². The van der Waals surface area contributed by atoms with Crippen LogP contribution >= 0.6 is 0 Å². The number of fused-ring (bicyclic) bond motifs is 1. The average Bonchev–Trinajstić information content (AvgIpc) is 3.05. The van der Waals surface area contributed by atoms with Crippen LogP contribution in [0.2, 0.25) is 0 Å². The van der Waals surface area contributed by atoms with Gasteiger partial charge in [-0.3, -0.25) is 0 Å². The Balaban J connectivity index is 1.88. The molecule has 0 saturated carbocycles. The zero-order chi connectivity index (χ0) is 21.5. The van der Waals surface area contributed by atoms with Gasteiger partial charge in [-0.25, -0.2) is 9.13 Å². The van der Waals surface area contributed by atoms with Gasteiger partial charge in [-0.05, 0) is 48.2 Å². The fourth-order valence-electron chi connectivity index (χ4n) is 4.56. The molecule has 4 aromatic carbocycles. The molecule has 2 nitrogen and oxygen atoms in total. The third-order valence-corrected chi connectivity index (χ3v) is 6.25. The van der Waals surface area contributed by atoms with Gasteiger partial charge in [0.25, 0.3) is 5.82 Å². The summed E-state index contributed by atoms with van der Waals surface area (Å²) in [6, 6.07) is 33.0. The molecule has 1 aromatic heterocycles. The molecule has 2 heteroatoms. The molecule has 31 heavy (non-hydrogen) atoms. The zero-order valence-corrected chi connectivity index (χ0v) is 18.6. The fraction of sp³-hybridized carbons (Fsp3) is 0.138. The molecular formula is C29H27N2+. The number of imidazole rings is 1. The first-order valence-corrected chi connectivity index (χ1v) is 10.8. The number of para-hydroxylation sites is 2. The van der Waals surface area contributed by atoms with Gasteiger partial charge in [0.05, 0.1) is 19.7 Å². The number of rotatable bonds is 3. The van der Waals surface area contributed by atoms with Gasteiger partial charge in [0.2, 0.25) is 0 Å². The summed E-state index contributed by atoms with van der Waals surface area (Å²) in [5.41, 5.74) is 11.2. The van der Waals surface area contributed by atoms with Gasteiger partial charge >= 0.3 is 0 Å². The second-order valence-corrected chi connectivity index (χ2v) is 8.39. The van der Waals surface area contributed by atoms with Crippen molar-refractivity contribution >= 4 is 11.0 Å². The van der Waals surface area contributed by atoms with Gasteiger partial charge in [0.1, 0.15) is 0 Å². The Morgan fingerprint density at radius 1 is 0.613 bits per heavy atom. The van der Waals surface area contributed by atoms with E-state index >= 15 is 0 Å². The van der Waals surface area contributed by atoms with Crippen molar-refractivity contribution in [2.45, 2.75) is 13.8 Å². The van der Waals surface area contributed by atoms with Gasteiger partial charge in [-0.2, -0.15) is 0 Å². The molecule has 0 aliphatic carbocycles. The van der Waals surface area contributed by atoms with E-state index in [9.17, 15) is 0 Å². The predicted octanol–water partition coefficient (Wildman–Crippen LogP) is 6.62. The molecule has 0 aliphatic heterocycles. The molecule has 0 N–H and O–H groups in total. The summed E-state index contributed by atoms with van der Waals surface area (Å²) >= 11 is 0. The van der Waals surface area contributed by atoms with Crippen molar-refractivity contribution in [2.24, 2.45) is 14.1 Å². The summed E-state index contributed by atoms with van der Waals surface area (Å²) in [7, 11) is 4.34. The lowest BCUT2D eigenvalue weighted by Gasteiger charge is -2.14. The van der Waals surface area contributed by atoms with E-state index in [2.05, 4.69) is 128 Å². The number of aromatic nitrogens is 2. The lowest BCUT2D eigenvalue weighted by atomic mass is 9.90. The molecule has 0 atom stereocenters. The fourth-order valence-corrected chi connectivity index (χ4v) is 4.56. The highest BCUT2D eigenvalue weighted by atomic mass is 15.1. The monoisotopic (exact) mass is 403 g/mol. The quantitative estimate of drug-likeness (QED) is 0.299. The molecule has 152 valence electrons. The summed E-state index contributed by atoms with van der Waals surface area (Å²) in [4.78, 5) is 0. The molecule has 0 bridgehead atoms. The number of hydrogen-bond donors (Lipinski definition) is 0. The van der Waals surface area contributed by atoms with E-state index in [1.165, 1.54) is 55.8 Å². The van der Waals surface area contributed by atoms with Crippen molar-refractivity contribution in [1.29, 1.82) is 0 Å². The van der Waals surface area contributed by atoms with E-state index in [0.717, 1.165) is 0 Å². The summed E-state index contributed by atoms with van der Waals surface area (Å²) in [5, 5.41) is 0. The Kier molecular flexibility index (Phi) is 4.71. The smallest absolute Gasteiger partial charge is 0.226 e. The standard InChI is InChI=1S/C29H27N2/c1-20-12-16-22(17-13-20)24-8-7-9-25(23-18-14-21(2)15-19-23)28(24)29-30(3)26-10-5-6-11-27(26)31(29)4/h5-19H,1-4H3/q+1. The highest BCUT2D eigenvalue weighted by molar-refractivity contribution is 5.93. The molecule has 0 unspecified atom stereocenters. The Bertz CT molecular complexity index is 1290. The molecule has 5 aromatic rings. The van der Waals surface area contributed by atoms with Crippen molar-refractivity contribution in [3.63, 3.8) is 0 Å². The van der Waals surface area contributed by atoms with Crippen LogP contribution in [0.1, 0.15) is 11.1 Å². The highest BCUT2D eigenvalue weighted by Gasteiger charge is 2.27. The normalized spacial score (nSPS) is 11.2. The second kappa shape index (κ2) is 7.55. The molecule has 0 aliphatic rings. The van der Waals surface area contributed by atoms with Crippen LogP contribution in [0.5, 0.6) is 0 Å². The maximum absolute atomic E-state index is 2.32. The van der Waals surface area contributed by atoms with Crippen molar-refractivity contribution in [2.75, 3.05) is 0 Å². The van der Waals surface area contributed by atoms with E-state index in [1.54, 1.807) is 0 Å². The Labute approximate surface area is 184 Å². The lowest BCUT2D eigenvalue weighted by molar-refractivity contribution is -0.634. The molecule has 1 heterocycles. The minimum atomic E-state index is 1.20. The highest BCUT2D eigenvalue weighted by Crippen LogP contribution is 2.39. The van der Waals surface area contributed by atoms with Gasteiger partial charge in [0.15, 0.2) is 11.0 Å². The molecule has 0 saturated heterocycles. The average molecular weight is 404 g/mol. The topological polar surface area (TPSA) is 8.81 Å². The largest absolute Gasteiger partial charge is 0.290 e. The van der Waals surface area contributed by atoms with Gasteiger partial charge in [-0.15, -0.1) is 0 Å². The zero-order valence-electron chi connectivity index (χ0n) is 18.6. The molecule has 0 radical (unpaired) electrons. The summed E-state index contributed by atoms with van der Waals surface area (Å²) in [6.07, 6.45) is 0. The Morgan fingerprint density at radius 3 is 1.65 bits per heavy atom. The van der Waals surface area contributed by atoms with Crippen LogP contribution in [0.15, 0.2) is 91.0 Å². The second-order valence-electron chi connectivity index (χ2n) is 8.39. The lowest BCUT2D eigenvalue weighted by Crippen LogP contribution is -2.30. The van der Waals surface area contributed by atoms with Crippen molar-refractivity contribution in [3.8, 4) is 33.6 Å². The molecular weight excluding hydrogens is 376 g/mol. The van der Waals surface area contributed by atoms with Crippen molar-refractivity contribution < 1.29 is 4.57 Å². The molecule has 5 rings (SSSR count). The summed E-state index contributed by atoms with van der Waals surface area (Å²) in [6.45, 7) is 4.27. The van der Waals surface area contributed by atoms with E-state index in [0.29, 0.717) is 0 Å². The predicted molar refractivity (Wildman–Crippen MR) is 130 cm³/mol. The van der Waals surface area contributed by atoms with Gasteiger partial charge < -0.3 is 0 Å². The van der Waals surface area contributed by atoms with Crippen LogP contribution in [0.3, 0.4) is 0 Å². The van der Waals surface area contributed by atoms with Crippen LogP contribution < -0.4 is 4.57 Å².